The van der Waals surface area contributed by atoms with E-state index in [0.717, 1.165) is 5.56 Å². The summed E-state index contributed by atoms with van der Waals surface area (Å²) in [4.78, 5) is 0. The van der Waals surface area contributed by atoms with E-state index in [0.29, 0.717) is 5.56 Å². The third-order valence-corrected chi connectivity index (χ3v) is 2.34. The highest BCUT2D eigenvalue weighted by Gasteiger charge is 2.11. The summed E-state index contributed by atoms with van der Waals surface area (Å²) in [6, 6.07) is 16.3. The second-order valence-corrected chi connectivity index (χ2v) is 3.33. The molecule has 0 amide bonds. The van der Waals surface area contributed by atoms with Crippen LogP contribution in [0, 0.1) is 11.9 Å². The Morgan fingerprint density at radius 3 is 2.40 bits per heavy atom. The van der Waals surface area contributed by atoms with Crippen LogP contribution >= 0.6 is 0 Å². The maximum absolute atomic E-state index is 13.4. The van der Waals surface area contributed by atoms with Gasteiger partial charge >= 0.3 is 0 Å². The quantitative estimate of drug-likeness (QED) is 0.792. The maximum atomic E-state index is 13.4. The average Bonchev–Trinajstić information content (AvgIpc) is 2.30. The van der Waals surface area contributed by atoms with Crippen LogP contribution in [0.5, 0.6) is 0 Å². The molecule has 1 unspecified atom stereocenters. The minimum absolute atomic E-state index is 0.266. The fraction of sp³-hybridized carbons (Fsp3) is 0.0769. The number of halogens is 1. The third-order valence-electron chi connectivity index (χ3n) is 2.34. The topological polar surface area (TPSA) is 26.0 Å². The summed E-state index contributed by atoms with van der Waals surface area (Å²) in [5, 5.41) is 0. The van der Waals surface area contributed by atoms with Gasteiger partial charge in [-0.1, -0.05) is 42.5 Å². The van der Waals surface area contributed by atoms with Crippen molar-refractivity contribution >= 4 is 0 Å². The van der Waals surface area contributed by atoms with Crippen LogP contribution in [0.2, 0.25) is 0 Å². The third kappa shape index (κ3) is 2.05. The van der Waals surface area contributed by atoms with Gasteiger partial charge < -0.3 is 5.73 Å². The van der Waals surface area contributed by atoms with Gasteiger partial charge in [0.25, 0.3) is 0 Å². The van der Waals surface area contributed by atoms with Gasteiger partial charge in [-0.15, -0.1) is 0 Å². The summed E-state index contributed by atoms with van der Waals surface area (Å²) in [6.45, 7) is 0. The van der Waals surface area contributed by atoms with E-state index in [1.807, 2.05) is 12.1 Å². The smallest absolute Gasteiger partial charge is 0.128 e. The predicted octanol–water partition coefficient (Wildman–Crippen LogP) is 2.67. The van der Waals surface area contributed by atoms with Gasteiger partial charge in [-0.3, -0.25) is 0 Å². The first-order valence-corrected chi connectivity index (χ1v) is 4.75. The van der Waals surface area contributed by atoms with Gasteiger partial charge in [-0.25, -0.2) is 4.39 Å². The number of hydrogen-bond donors (Lipinski definition) is 1. The largest absolute Gasteiger partial charge is 0.320 e. The Bertz CT molecular complexity index is 439. The summed E-state index contributed by atoms with van der Waals surface area (Å²) in [7, 11) is 0. The second kappa shape index (κ2) is 4.24. The fourth-order valence-corrected chi connectivity index (χ4v) is 1.51. The minimum Gasteiger partial charge on any atom is -0.320 e. The van der Waals surface area contributed by atoms with Crippen molar-refractivity contribution in [3.8, 4) is 0 Å². The molecule has 0 aromatic heterocycles. The summed E-state index contributed by atoms with van der Waals surface area (Å²) >= 11 is 0. The van der Waals surface area contributed by atoms with Crippen LogP contribution in [-0.2, 0) is 0 Å². The SMILES string of the molecule is NC(c1cc[c]cc1)c1ccccc1F. The first-order valence-electron chi connectivity index (χ1n) is 4.75. The van der Waals surface area contributed by atoms with E-state index in [1.165, 1.54) is 6.07 Å². The molecular weight excluding hydrogens is 189 g/mol. The molecule has 0 aliphatic rings. The molecule has 0 saturated heterocycles. The molecule has 0 spiro atoms. The molecule has 2 aromatic carbocycles. The molecule has 2 N–H and O–H groups in total. The van der Waals surface area contributed by atoms with Crippen LogP contribution in [0.25, 0.3) is 0 Å². The monoisotopic (exact) mass is 200 g/mol. The molecule has 15 heavy (non-hydrogen) atoms. The lowest BCUT2D eigenvalue weighted by Crippen LogP contribution is -2.13. The zero-order chi connectivity index (χ0) is 10.7. The lowest BCUT2D eigenvalue weighted by Gasteiger charge is -2.12. The second-order valence-electron chi connectivity index (χ2n) is 3.33. The number of benzene rings is 2. The van der Waals surface area contributed by atoms with Gasteiger partial charge in [0, 0.05) is 5.56 Å². The zero-order valence-corrected chi connectivity index (χ0v) is 8.15. The molecule has 2 rings (SSSR count). The van der Waals surface area contributed by atoms with Gasteiger partial charge in [0.1, 0.15) is 5.82 Å². The standard InChI is InChI=1S/C13H11FN/c14-12-9-5-4-8-11(12)13(15)10-6-2-1-3-7-10/h2-9,13H,15H2. The van der Waals surface area contributed by atoms with E-state index in [2.05, 4.69) is 6.07 Å². The Hall–Kier alpha value is -1.67. The van der Waals surface area contributed by atoms with Gasteiger partial charge in [-0.05, 0) is 17.7 Å². The van der Waals surface area contributed by atoms with Gasteiger partial charge in [0.05, 0.1) is 6.04 Å². The number of rotatable bonds is 2. The molecule has 75 valence electrons. The molecule has 2 heteroatoms. The summed E-state index contributed by atoms with van der Waals surface area (Å²) in [5.41, 5.74) is 7.37. The Balaban J connectivity index is 2.37. The fourth-order valence-electron chi connectivity index (χ4n) is 1.51. The van der Waals surface area contributed by atoms with Crippen molar-refractivity contribution < 1.29 is 4.39 Å². The van der Waals surface area contributed by atoms with Crippen LogP contribution < -0.4 is 5.73 Å². The van der Waals surface area contributed by atoms with E-state index < -0.39 is 6.04 Å². The Kier molecular flexibility index (Phi) is 2.79. The van der Waals surface area contributed by atoms with E-state index in [1.54, 1.807) is 30.3 Å². The summed E-state index contributed by atoms with van der Waals surface area (Å²) in [6.07, 6.45) is 0. The van der Waals surface area contributed by atoms with Crippen LogP contribution in [0.3, 0.4) is 0 Å². The molecule has 0 aliphatic heterocycles. The molecule has 1 radical (unpaired) electrons. The van der Waals surface area contributed by atoms with Crippen LogP contribution in [0.15, 0.2) is 48.5 Å². The molecular formula is C13H11FN. The van der Waals surface area contributed by atoms with E-state index in [-0.39, 0.29) is 5.82 Å². The first kappa shape index (κ1) is 9.87. The number of nitrogens with two attached hydrogens (primary N) is 1. The van der Waals surface area contributed by atoms with Gasteiger partial charge in [0.2, 0.25) is 0 Å². The van der Waals surface area contributed by atoms with Crippen molar-refractivity contribution in [2.24, 2.45) is 5.73 Å². The molecule has 1 nitrogen and oxygen atoms in total. The molecule has 0 aliphatic carbocycles. The average molecular weight is 200 g/mol. The van der Waals surface area contributed by atoms with Crippen LogP contribution in [-0.4, -0.2) is 0 Å². The van der Waals surface area contributed by atoms with Crippen molar-refractivity contribution in [2.45, 2.75) is 6.04 Å². The van der Waals surface area contributed by atoms with E-state index in [9.17, 15) is 4.39 Å². The molecule has 1 atom stereocenters. The summed E-state index contributed by atoms with van der Waals surface area (Å²) in [5.74, 6) is -0.266. The first-order chi connectivity index (χ1) is 7.29. The molecule has 0 fully saturated rings. The van der Waals surface area contributed by atoms with Gasteiger partial charge in [-0.2, -0.15) is 0 Å². The Labute approximate surface area is 88.4 Å². The summed E-state index contributed by atoms with van der Waals surface area (Å²) < 4.78 is 13.4. The predicted molar refractivity (Wildman–Crippen MR) is 57.7 cm³/mol. The van der Waals surface area contributed by atoms with E-state index >= 15 is 0 Å². The van der Waals surface area contributed by atoms with Crippen LogP contribution in [0.1, 0.15) is 17.2 Å². The highest BCUT2D eigenvalue weighted by atomic mass is 19.1. The lowest BCUT2D eigenvalue weighted by molar-refractivity contribution is 0.599. The highest BCUT2D eigenvalue weighted by molar-refractivity contribution is 5.31. The lowest BCUT2D eigenvalue weighted by atomic mass is 9.99. The van der Waals surface area contributed by atoms with Crippen molar-refractivity contribution in [1.29, 1.82) is 0 Å². The molecule has 0 saturated carbocycles. The van der Waals surface area contributed by atoms with Gasteiger partial charge in [0.15, 0.2) is 0 Å². The van der Waals surface area contributed by atoms with Crippen molar-refractivity contribution in [1.82, 2.24) is 0 Å². The molecule has 2 aromatic rings. The molecule has 0 heterocycles. The number of hydrogen-bond acceptors (Lipinski definition) is 1. The molecule has 0 bridgehead atoms. The van der Waals surface area contributed by atoms with Crippen molar-refractivity contribution in [2.75, 3.05) is 0 Å². The minimum atomic E-state index is -0.416. The zero-order valence-electron chi connectivity index (χ0n) is 8.15. The normalized spacial score (nSPS) is 12.4. The van der Waals surface area contributed by atoms with E-state index in [4.69, 9.17) is 5.73 Å². The Morgan fingerprint density at radius 1 is 1.07 bits per heavy atom. The Morgan fingerprint density at radius 2 is 1.73 bits per heavy atom. The van der Waals surface area contributed by atoms with Crippen LogP contribution in [0.4, 0.5) is 4.39 Å². The highest BCUT2D eigenvalue weighted by Crippen LogP contribution is 2.21. The maximum Gasteiger partial charge on any atom is 0.128 e. The van der Waals surface area contributed by atoms with Crippen molar-refractivity contribution in [3.05, 3.63) is 71.5 Å². The van der Waals surface area contributed by atoms with Crippen molar-refractivity contribution in [3.63, 3.8) is 0 Å².